The van der Waals surface area contributed by atoms with Gasteiger partial charge < -0.3 is 0 Å². The second-order valence-corrected chi connectivity index (χ2v) is 5.88. The number of unbranched alkanes of at least 4 members (excludes halogenated alkanes) is 10. The van der Waals surface area contributed by atoms with Crippen LogP contribution in [-0.4, -0.2) is 0 Å². The van der Waals surface area contributed by atoms with Crippen LogP contribution in [0, 0.1) is 5.92 Å². The van der Waals surface area contributed by atoms with E-state index in [4.69, 9.17) is 0 Å². The van der Waals surface area contributed by atoms with E-state index < -0.39 is 0 Å². The molecule has 0 heterocycles. The van der Waals surface area contributed by atoms with Crippen LogP contribution in [0.25, 0.3) is 0 Å². The predicted molar refractivity (Wildman–Crippen MR) is 82.7 cm³/mol. The average molecular weight is 249 g/mol. The molecule has 0 aromatic rings. The summed E-state index contributed by atoms with van der Waals surface area (Å²) in [5.41, 5.74) is 0. The monoisotopic (exact) mass is 249 g/mol. The van der Waals surface area contributed by atoms with Gasteiger partial charge in [0.2, 0.25) is 0 Å². The molecule has 0 heteroatoms. The van der Waals surface area contributed by atoms with E-state index in [-0.39, 0.29) is 0 Å². The summed E-state index contributed by atoms with van der Waals surface area (Å²) in [5.74, 6) is 1.70. The molecule has 0 aromatic heterocycles. The van der Waals surface area contributed by atoms with Crippen molar-refractivity contribution in [2.45, 2.75) is 96.8 Å². The van der Waals surface area contributed by atoms with Crippen LogP contribution in [0.15, 0.2) is 12.2 Å². The molecule has 0 saturated heterocycles. The molecule has 0 N–H and O–H groups in total. The molecule has 0 amide bonds. The van der Waals surface area contributed by atoms with Gasteiger partial charge >= 0.3 is 0 Å². The lowest BCUT2D eigenvalue weighted by molar-refractivity contribution is 0.545. The Morgan fingerprint density at radius 2 is 1.33 bits per heavy atom. The van der Waals surface area contributed by atoms with Gasteiger partial charge in [-0.2, -0.15) is 0 Å². The highest BCUT2D eigenvalue weighted by Crippen LogP contribution is 2.25. The first-order valence-corrected chi connectivity index (χ1v) is 8.44. The highest BCUT2D eigenvalue weighted by molar-refractivity contribution is 5.15. The lowest BCUT2D eigenvalue weighted by atomic mass is 9.99. The Hall–Kier alpha value is -0.260. The van der Waals surface area contributed by atoms with Crippen molar-refractivity contribution in [2.75, 3.05) is 0 Å². The van der Waals surface area contributed by atoms with Crippen LogP contribution < -0.4 is 0 Å². The molecule has 105 valence electrons. The SMILES string of the molecule is CCCCCCCCCCCCC[C]1C=CCC1. The van der Waals surface area contributed by atoms with E-state index in [0.29, 0.717) is 0 Å². The van der Waals surface area contributed by atoms with Crippen molar-refractivity contribution >= 4 is 0 Å². The van der Waals surface area contributed by atoms with Gasteiger partial charge in [0.1, 0.15) is 0 Å². The summed E-state index contributed by atoms with van der Waals surface area (Å²) >= 11 is 0. The molecule has 1 aliphatic carbocycles. The van der Waals surface area contributed by atoms with Gasteiger partial charge in [-0.1, -0.05) is 89.7 Å². The lowest BCUT2D eigenvalue weighted by Gasteiger charge is -2.06. The fourth-order valence-electron chi connectivity index (χ4n) is 2.83. The zero-order chi connectivity index (χ0) is 12.9. The Labute approximate surface area is 115 Å². The normalized spacial score (nSPS) is 15.6. The molecular weight excluding hydrogens is 216 g/mol. The maximum atomic E-state index is 2.36. The smallest absolute Gasteiger partial charge is 0.00243 e. The highest BCUT2D eigenvalue weighted by Gasteiger charge is 2.08. The molecule has 0 bridgehead atoms. The van der Waals surface area contributed by atoms with Crippen LogP contribution in [0.1, 0.15) is 96.8 Å². The van der Waals surface area contributed by atoms with Crippen molar-refractivity contribution in [3.8, 4) is 0 Å². The van der Waals surface area contributed by atoms with E-state index in [1.165, 1.54) is 89.9 Å². The second kappa shape index (κ2) is 11.8. The fraction of sp³-hybridized carbons (Fsp3) is 0.833. The van der Waals surface area contributed by atoms with Crippen molar-refractivity contribution in [1.82, 2.24) is 0 Å². The lowest BCUT2D eigenvalue weighted by Crippen LogP contribution is -1.89. The van der Waals surface area contributed by atoms with Crippen molar-refractivity contribution in [2.24, 2.45) is 0 Å². The van der Waals surface area contributed by atoms with Gasteiger partial charge in [-0.25, -0.2) is 0 Å². The number of rotatable bonds is 12. The first-order chi connectivity index (χ1) is 8.93. The largest absolute Gasteiger partial charge is 0.0879 e. The Bertz CT molecular complexity index is 192. The van der Waals surface area contributed by atoms with Crippen molar-refractivity contribution in [1.29, 1.82) is 0 Å². The number of hydrogen-bond acceptors (Lipinski definition) is 0. The Morgan fingerprint density at radius 1 is 0.778 bits per heavy atom. The minimum absolute atomic E-state index is 1.30. The Morgan fingerprint density at radius 3 is 1.83 bits per heavy atom. The quantitative estimate of drug-likeness (QED) is 0.341. The summed E-state index contributed by atoms with van der Waals surface area (Å²) in [6, 6.07) is 0. The number of hydrogen-bond donors (Lipinski definition) is 0. The molecule has 0 nitrogen and oxygen atoms in total. The van der Waals surface area contributed by atoms with Crippen LogP contribution >= 0.6 is 0 Å². The van der Waals surface area contributed by atoms with Gasteiger partial charge in [-0.3, -0.25) is 0 Å². The molecule has 1 rings (SSSR count). The van der Waals surface area contributed by atoms with E-state index in [2.05, 4.69) is 19.1 Å². The van der Waals surface area contributed by atoms with Crippen molar-refractivity contribution in [3.63, 3.8) is 0 Å². The fourth-order valence-corrected chi connectivity index (χ4v) is 2.83. The first-order valence-electron chi connectivity index (χ1n) is 8.44. The summed E-state index contributed by atoms with van der Waals surface area (Å²) < 4.78 is 0. The third-order valence-electron chi connectivity index (χ3n) is 4.09. The van der Waals surface area contributed by atoms with Crippen LogP contribution in [-0.2, 0) is 0 Å². The second-order valence-electron chi connectivity index (χ2n) is 5.88. The molecule has 1 radical (unpaired) electrons. The Balaban J connectivity index is 1.69. The molecule has 0 atom stereocenters. The summed E-state index contributed by atoms with van der Waals surface area (Å²) in [5, 5.41) is 0. The molecule has 0 spiro atoms. The molecule has 0 unspecified atom stereocenters. The highest BCUT2D eigenvalue weighted by atomic mass is 14.1. The maximum Gasteiger partial charge on any atom is -0.00243 e. The molecule has 18 heavy (non-hydrogen) atoms. The van der Waals surface area contributed by atoms with Gasteiger partial charge in [-0.15, -0.1) is 0 Å². The molecule has 1 aliphatic rings. The minimum atomic E-state index is 1.30. The van der Waals surface area contributed by atoms with E-state index >= 15 is 0 Å². The van der Waals surface area contributed by atoms with Gasteiger partial charge in [0, 0.05) is 0 Å². The van der Waals surface area contributed by atoms with Crippen LogP contribution in [0.4, 0.5) is 0 Å². The van der Waals surface area contributed by atoms with E-state index in [0.717, 1.165) is 0 Å². The van der Waals surface area contributed by atoms with Crippen molar-refractivity contribution < 1.29 is 0 Å². The summed E-state index contributed by atoms with van der Waals surface area (Å²) in [6.07, 6.45) is 24.7. The van der Waals surface area contributed by atoms with Gasteiger partial charge in [-0.05, 0) is 25.2 Å². The standard InChI is InChI=1S/C18H33/c1-2-3-4-5-6-7-8-9-10-11-12-15-18-16-13-14-17-18/h13,16H,2-12,14-15,17H2,1H3. The molecular formula is C18H33. The predicted octanol–water partition coefficient (Wildman–Crippen LogP) is 6.61. The summed E-state index contributed by atoms with van der Waals surface area (Å²) in [6.45, 7) is 2.29. The third kappa shape index (κ3) is 8.78. The zero-order valence-electron chi connectivity index (χ0n) is 12.6. The van der Waals surface area contributed by atoms with E-state index in [1.807, 2.05) is 0 Å². The van der Waals surface area contributed by atoms with Gasteiger partial charge in [0.05, 0.1) is 0 Å². The molecule has 0 saturated carbocycles. The van der Waals surface area contributed by atoms with E-state index in [1.54, 1.807) is 5.92 Å². The Kier molecular flexibility index (Phi) is 10.4. The van der Waals surface area contributed by atoms with Crippen molar-refractivity contribution in [3.05, 3.63) is 18.1 Å². The molecule has 0 aliphatic heterocycles. The molecule has 0 aromatic carbocycles. The van der Waals surface area contributed by atoms with Gasteiger partial charge in [0.15, 0.2) is 0 Å². The average Bonchev–Trinajstić information content (AvgIpc) is 2.89. The molecule has 0 fully saturated rings. The van der Waals surface area contributed by atoms with Crippen LogP contribution in [0.5, 0.6) is 0 Å². The summed E-state index contributed by atoms with van der Waals surface area (Å²) in [4.78, 5) is 0. The number of allylic oxidation sites excluding steroid dienone is 2. The van der Waals surface area contributed by atoms with Crippen LogP contribution in [0.2, 0.25) is 0 Å². The van der Waals surface area contributed by atoms with E-state index in [9.17, 15) is 0 Å². The third-order valence-corrected chi connectivity index (χ3v) is 4.09. The van der Waals surface area contributed by atoms with Gasteiger partial charge in [0.25, 0.3) is 0 Å². The zero-order valence-corrected chi connectivity index (χ0v) is 12.6. The first kappa shape index (κ1) is 15.8. The summed E-state index contributed by atoms with van der Waals surface area (Å²) in [7, 11) is 0. The van der Waals surface area contributed by atoms with Crippen LogP contribution in [0.3, 0.4) is 0 Å². The maximum absolute atomic E-state index is 2.36. The topological polar surface area (TPSA) is 0 Å². The minimum Gasteiger partial charge on any atom is -0.0879 e.